The number of carbonyl (C=O) groups is 1. The van der Waals surface area contributed by atoms with Crippen LogP contribution in [0.4, 0.5) is 11.5 Å². The Labute approximate surface area is 145 Å². The molecule has 1 aliphatic heterocycles. The smallest absolute Gasteiger partial charge is 0.271 e. The molecule has 1 amide bonds. The molecule has 2 aromatic heterocycles. The maximum atomic E-state index is 12.1. The molecule has 25 heavy (non-hydrogen) atoms. The second kappa shape index (κ2) is 7.21. The van der Waals surface area contributed by atoms with E-state index in [1.165, 1.54) is 6.08 Å². The minimum absolute atomic E-state index is 0.0468. The fourth-order valence-electron chi connectivity index (χ4n) is 2.93. The number of anilines is 2. The van der Waals surface area contributed by atoms with E-state index in [1.54, 1.807) is 17.3 Å². The number of aromatic amines is 1. The van der Waals surface area contributed by atoms with Crippen molar-refractivity contribution in [2.24, 2.45) is 0 Å². The summed E-state index contributed by atoms with van der Waals surface area (Å²) in [4.78, 5) is 32.5. The summed E-state index contributed by atoms with van der Waals surface area (Å²) in [5.41, 5.74) is 2.16. The second-order valence-electron chi connectivity index (χ2n) is 5.93. The van der Waals surface area contributed by atoms with Crippen LogP contribution >= 0.6 is 0 Å². The highest BCUT2D eigenvalue weighted by molar-refractivity contribution is 5.87. The van der Waals surface area contributed by atoms with Crippen molar-refractivity contribution in [2.75, 3.05) is 30.8 Å². The number of amides is 1. The monoisotopic (exact) mass is 339 g/mol. The van der Waals surface area contributed by atoms with Gasteiger partial charge in [-0.2, -0.15) is 0 Å². The molecule has 0 bridgehead atoms. The number of nitrogens with zero attached hydrogens (tertiary/aromatic N) is 2. The molecule has 2 aromatic rings. The molecule has 0 aliphatic carbocycles. The molecule has 1 fully saturated rings. The molecule has 130 valence electrons. The Balaban J connectivity index is 1.79. The highest BCUT2D eigenvalue weighted by atomic mass is 16.2. The molecule has 0 unspecified atom stereocenters. The summed E-state index contributed by atoms with van der Waals surface area (Å²) in [6.07, 6.45) is 5.51. The van der Waals surface area contributed by atoms with E-state index in [-0.39, 0.29) is 17.5 Å². The number of aromatic nitrogens is 2. The van der Waals surface area contributed by atoms with E-state index >= 15 is 0 Å². The lowest BCUT2D eigenvalue weighted by Crippen LogP contribution is -2.31. The first-order valence-electron chi connectivity index (χ1n) is 8.15. The summed E-state index contributed by atoms with van der Waals surface area (Å²) < 4.78 is 0. The molecule has 3 N–H and O–H groups in total. The third-order valence-corrected chi connectivity index (χ3v) is 4.29. The van der Waals surface area contributed by atoms with Gasteiger partial charge in [-0.1, -0.05) is 6.58 Å². The van der Waals surface area contributed by atoms with Crippen molar-refractivity contribution in [3.05, 3.63) is 53.6 Å². The van der Waals surface area contributed by atoms with Gasteiger partial charge < -0.3 is 20.5 Å². The number of hydrogen-bond acceptors (Lipinski definition) is 5. The molecule has 1 saturated heterocycles. The molecule has 0 saturated carbocycles. The Morgan fingerprint density at radius 3 is 3.04 bits per heavy atom. The first-order chi connectivity index (χ1) is 12.1. The fraction of sp³-hybridized carbons (Fsp3) is 0.278. The molecular formula is C18H21N5O2. The minimum Gasteiger partial charge on any atom is -0.376 e. The van der Waals surface area contributed by atoms with Crippen molar-refractivity contribution >= 4 is 17.4 Å². The van der Waals surface area contributed by atoms with Crippen LogP contribution in [0.25, 0.3) is 11.1 Å². The van der Waals surface area contributed by atoms with E-state index in [1.807, 2.05) is 25.2 Å². The number of carbonyl (C=O) groups excluding carboxylic acids is 1. The van der Waals surface area contributed by atoms with E-state index in [2.05, 4.69) is 27.2 Å². The summed E-state index contributed by atoms with van der Waals surface area (Å²) in [5.74, 6) is 0.677. The largest absolute Gasteiger partial charge is 0.376 e. The third-order valence-electron chi connectivity index (χ3n) is 4.29. The fourth-order valence-corrected chi connectivity index (χ4v) is 2.93. The van der Waals surface area contributed by atoms with Crippen LogP contribution in [0, 0.1) is 0 Å². The van der Waals surface area contributed by atoms with E-state index < -0.39 is 0 Å². The van der Waals surface area contributed by atoms with Crippen LogP contribution in [-0.4, -0.2) is 47.0 Å². The van der Waals surface area contributed by atoms with Crippen LogP contribution in [0.2, 0.25) is 0 Å². The summed E-state index contributed by atoms with van der Waals surface area (Å²) in [7, 11) is 1.81. The predicted octanol–water partition coefficient (Wildman–Crippen LogP) is 1.68. The first-order valence-corrected chi connectivity index (χ1v) is 8.15. The van der Waals surface area contributed by atoms with Crippen molar-refractivity contribution in [2.45, 2.75) is 12.5 Å². The second-order valence-corrected chi connectivity index (χ2v) is 5.93. The minimum atomic E-state index is -0.180. The number of likely N-dealkylation sites (tertiary alicyclic amines) is 1. The van der Waals surface area contributed by atoms with Gasteiger partial charge in [0.15, 0.2) is 0 Å². The Kier molecular flexibility index (Phi) is 4.83. The lowest BCUT2D eigenvalue weighted by Gasteiger charge is -2.16. The summed E-state index contributed by atoms with van der Waals surface area (Å²) in [6, 6.07) is 5.67. The standard InChI is InChI=1S/C18H21N5O2/c1-3-17(24)23-7-5-14(11-23)22-15-8-13(10-21-18(15)25)12-4-6-20-16(9-12)19-2/h3-4,6,8-10,14,22H,1,5,7,11H2,2H3,(H,19,20)(H,21,25)/t14-/m1/s1. The molecule has 0 aromatic carbocycles. The Bertz CT molecular complexity index is 845. The molecule has 0 radical (unpaired) electrons. The predicted molar refractivity (Wildman–Crippen MR) is 98.6 cm³/mol. The molecule has 3 rings (SSSR count). The molecule has 1 atom stereocenters. The third kappa shape index (κ3) is 3.71. The van der Waals surface area contributed by atoms with Crippen molar-refractivity contribution in [3.63, 3.8) is 0 Å². The Hall–Kier alpha value is -3.09. The van der Waals surface area contributed by atoms with Gasteiger partial charge in [0.1, 0.15) is 11.5 Å². The molecule has 0 spiro atoms. The Morgan fingerprint density at radius 2 is 2.28 bits per heavy atom. The van der Waals surface area contributed by atoms with E-state index in [0.29, 0.717) is 18.8 Å². The van der Waals surface area contributed by atoms with Gasteiger partial charge in [0.2, 0.25) is 5.91 Å². The van der Waals surface area contributed by atoms with E-state index in [0.717, 1.165) is 23.4 Å². The summed E-state index contributed by atoms with van der Waals surface area (Å²) in [6.45, 7) is 4.74. The molecular weight excluding hydrogens is 318 g/mol. The highest BCUT2D eigenvalue weighted by Gasteiger charge is 2.25. The van der Waals surface area contributed by atoms with Crippen LogP contribution in [0.5, 0.6) is 0 Å². The van der Waals surface area contributed by atoms with E-state index in [4.69, 9.17) is 0 Å². The van der Waals surface area contributed by atoms with Crippen LogP contribution in [0.1, 0.15) is 6.42 Å². The van der Waals surface area contributed by atoms with E-state index in [9.17, 15) is 9.59 Å². The van der Waals surface area contributed by atoms with Crippen molar-refractivity contribution in [3.8, 4) is 11.1 Å². The van der Waals surface area contributed by atoms with Crippen LogP contribution in [-0.2, 0) is 4.79 Å². The van der Waals surface area contributed by atoms with Gasteiger partial charge in [-0.15, -0.1) is 0 Å². The van der Waals surface area contributed by atoms with Crippen molar-refractivity contribution < 1.29 is 4.79 Å². The van der Waals surface area contributed by atoms with Crippen LogP contribution in [0.15, 0.2) is 48.0 Å². The maximum absolute atomic E-state index is 12.1. The SMILES string of the molecule is C=CC(=O)N1CC[C@@H](Nc2cc(-c3ccnc(NC)c3)c[nH]c2=O)C1. The molecule has 1 aliphatic rings. The number of nitrogens with one attached hydrogen (secondary N) is 3. The normalized spacial score (nSPS) is 16.5. The van der Waals surface area contributed by atoms with Gasteiger partial charge in [0, 0.05) is 44.1 Å². The Morgan fingerprint density at radius 1 is 1.44 bits per heavy atom. The topological polar surface area (TPSA) is 90.1 Å². The van der Waals surface area contributed by atoms with Crippen LogP contribution < -0.4 is 16.2 Å². The summed E-state index contributed by atoms with van der Waals surface area (Å²) >= 11 is 0. The van der Waals surface area contributed by atoms with Crippen LogP contribution in [0.3, 0.4) is 0 Å². The average Bonchev–Trinajstić information content (AvgIpc) is 3.11. The highest BCUT2D eigenvalue weighted by Crippen LogP contribution is 2.22. The molecule has 3 heterocycles. The number of pyridine rings is 2. The van der Waals surface area contributed by atoms with Crippen molar-refractivity contribution in [1.29, 1.82) is 0 Å². The quantitative estimate of drug-likeness (QED) is 0.721. The zero-order valence-corrected chi connectivity index (χ0v) is 14.1. The number of rotatable bonds is 5. The molecule has 7 nitrogen and oxygen atoms in total. The lowest BCUT2D eigenvalue weighted by atomic mass is 10.1. The number of hydrogen-bond donors (Lipinski definition) is 3. The summed E-state index contributed by atoms with van der Waals surface area (Å²) in [5, 5.41) is 6.25. The average molecular weight is 339 g/mol. The van der Waals surface area contributed by atoms with Gasteiger partial charge in [0.05, 0.1) is 0 Å². The number of H-pyrrole nitrogens is 1. The van der Waals surface area contributed by atoms with Gasteiger partial charge >= 0.3 is 0 Å². The zero-order chi connectivity index (χ0) is 17.8. The lowest BCUT2D eigenvalue weighted by molar-refractivity contribution is -0.125. The van der Waals surface area contributed by atoms with Gasteiger partial charge in [-0.3, -0.25) is 9.59 Å². The first kappa shape index (κ1) is 16.8. The van der Waals surface area contributed by atoms with Gasteiger partial charge in [-0.25, -0.2) is 4.98 Å². The zero-order valence-electron chi connectivity index (χ0n) is 14.1. The van der Waals surface area contributed by atoms with Gasteiger partial charge in [0.25, 0.3) is 5.56 Å². The maximum Gasteiger partial charge on any atom is 0.271 e. The molecule has 7 heteroatoms. The van der Waals surface area contributed by atoms with Gasteiger partial charge in [-0.05, 0) is 36.3 Å². The van der Waals surface area contributed by atoms with Crippen molar-refractivity contribution in [1.82, 2.24) is 14.9 Å².